The van der Waals surface area contributed by atoms with Crippen molar-refractivity contribution < 1.29 is 6.85 Å². The first-order valence-electron chi connectivity index (χ1n) is 17.5. The summed E-state index contributed by atoms with van der Waals surface area (Å²) in [6, 6.07) is 48.2. The molecule has 1 aliphatic carbocycles. The molecule has 0 amide bonds. The lowest BCUT2D eigenvalue weighted by Gasteiger charge is -2.34. The molecule has 1 atom stereocenters. The first kappa shape index (κ1) is 21.3. The lowest BCUT2D eigenvalue weighted by molar-refractivity contribution is 0.770. The van der Waals surface area contributed by atoms with E-state index >= 15 is 0 Å². The van der Waals surface area contributed by atoms with E-state index in [4.69, 9.17) is 4.11 Å². The summed E-state index contributed by atoms with van der Waals surface area (Å²) in [6.45, 7) is 0. The van der Waals surface area contributed by atoms with Crippen molar-refractivity contribution in [3.8, 4) is 11.1 Å². The molecular formula is C43H29NS. The van der Waals surface area contributed by atoms with Gasteiger partial charge in [0.25, 0.3) is 0 Å². The number of nitrogens with zero attached hydrogens (tertiary/aromatic N) is 1. The fourth-order valence-electron chi connectivity index (χ4n) is 7.13. The van der Waals surface area contributed by atoms with Crippen molar-refractivity contribution in [3.63, 3.8) is 0 Å². The highest BCUT2D eigenvalue weighted by atomic mass is 32.1. The number of rotatable bonds is 5. The number of hydrogen-bond donors (Lipinski definition) is 0. The van der Waals surface area contributed by atoms with Gasteiger partial charge in [0.2, 0.25) is 0 Å². The van der Waals surface area contributed by atoms with Crippen LogP contribution >= 0.6 is 11.3 Å². The number of benzene rings is 7. The van der Waals surface area contributed by atoms with E-state index < -0.39 is 11.5 Å². The number of para-hydroxylation sites is 2. The summed E-state index contributed by atoms with van der Waals surface area (Å²) in [7, 11) is 0. The van der Waals surface area contributed by atoms with Crippen LogP contribution in [-0.2, 0) is 5.41 Å². The minimum Gasteiger partial charge on any atom is -0.310 e. The van der Waals surface area contributed by atoms with E-state index in [1.54, 1.807) is 11.3 Å². The van der Waals surface area contributed by atoms with Gasteiger partial charge < -0.3 is 4.90 Å². The van der Waals surface area contributed by atoms with Crippen molar-refractivity contribution in [1.29, 1.82) is 0 Å². The van der Waals surface area contributed by atoms with Crippen LogP contribution in [0.25, 0.3) is 31.3 Å². The molecule has 1 aromatic heterocycles. The molecule has 0 spiro atoms. The van der Waals surface area contributed by atoms with Gasteiger partial charge in [-0.25, -0.2) is 0 Å². The average molecular weight is 597 g/mol. The molecule has 0 radical (unpaired) electrons. The van der Waals surface area contributed by atoms with E-state index in [0.717, 1.165) is 60.4 Å². The van der Waals surface area contributed by atoms with Crippen molar-refractivity contribution in [3.05, 3.63) is 198 Å². The third-order valence-corrected chi connectivity index (χ3v) is 10.2. The lowest BCUT2D eigenvalue weighted by atomic mass is 9.67. The van der Waals surface area contributed by atoms with E-state index in [0.29, 0.717) is 0 Å². The number of anilines is 3. The molecule has 0 saturated heterocycles. The zero-order valence-electron chi connectivity index (χ0n) is 29.2. The Morgan fingerprint density at radius 2 is 1.11 bits per heavy atom. The molecular weight excluding hydrogens is 563 g/mol. The van der Waals surface area contributed by atoms with Gasteiger partial charge in [0.05, 0.1) is 12.3 Å². The molecule has 7 aromatic carbocycles. The summed E-state index contributed by atoms with van der Waals surface area (Å²) >= 11 is 1.73. The van der Waals surface area contributed by atoms with E-state index in [-0.39, 0.29) is 29.7 Å². The van der Waals surface area contributed by atoms with Gasteiger partial charge in [0.15, 0.2) is 0 Å². The van der Waals surface area contributed by atoms with Gasteiger partial charge in [-0.2, -0.15) is 0 Å². The highest BCUT2D eigenvalue weighted by Crippen LogP contribution is 2.57. The molecule has 45 heavy (non-hydrogen) atoms. The summed E-state index contributed by atoms with van der Waals surface area (Å²) in [5, 5.41) is 2.21. The van der Waals surface area contributed by atoms with E-state index in [2.05, 4.69) is 89.8 Å². The number of fused-ring (bicyclic) bond motifs is 6. The van der Waals surface area contributed by atoms with Crippen LogP contribution in [0.4, 0.5) is 17.1 Å². The van der Waals surface area contributed by atoms with Crippen LogP contribution in [0.1, 0.15) is 29.1 Å². The quantitative estimate of drug-likeness (QED) is 0.191. The van der Waals surface area contributed by atoms with Crippen molar-refractivity contribution in [2.75, 3.05) is 4.90 Å². The standard InChI is InChI=1S/C43H29NS/c1-4-14-30(15-5-1)43(31-24-27-42-38(28-31)36-21-11-13-23-41(36)45-42)39-22-12-10-20-35(39)37-29-34(25-26-40(37)43)44(32-16-6-2-7-17-32)33-18-8-3-9-19-33/h1-29H/i1D,4D,5D,14D,15D. The van der Waals surface area contributed by atoms with E-state index in [1.807, 2.05) is 60.7 Å². The normalized spacial score (nSPS) is 16.8. The molecule has 1 nitrogen and oxygen atoms in total. The molecule has 8 aromatic rings. The Labute approximate surface area is 274 Å². The Kier molecular flexibility index (Phi) is 4.89. The molecule has 0 N–H and O–H groups in total. The molecule has 2 heteroatoms. The first-order valence-corrected chi connectivity index (χ1v) is 15.8. The maximum atomic E-state index is 9.38. The topological polar surface area (TPSA) is 3.24 Å². The van der Waals surface area contributed by atoms with Gasteiger partial charge >= 0.3 is 0 Å². The zero-order chi connectivity index (χ0) is 34.1. The van der Waals surface area contributed by atoms with Crippen molar-refractivity contribution in [1.82, 2.24) is 0 Å². The van der Waals surface area contributed by atoms with Crippen LogP contribution in [0.5, 0.6) is 0 Å². The van der Waals surface area contributed by atoms with Crippen molar-refractivity contribution in [2.24, 2.45) is 0 Å². The Bertz CT molecular complexity index is 2550. The van der Waals surface area contributed by atoms with Gasteiger partial charge in [-0.1, -0.05) is 121 Å². The zero-order valence-corrected chi connectivity index (χ0v) is 25.0. The van der Waals surface area contributed by atoms with Crippen LogP contribution in [0.2, 0.25) is 0 Å². The summed E-state index contributed by atoms with van der Waals surface area (Å²) in [5.41, 5.74) is 6.57. The first-order chi connectivity index (χ1) is 24.4. The fraction of sp³-hybridized carbons (Fsp3) is 0.0233. The van der Waals surface area contributed by atoms with Gasteiger partial charge in [0.1, 0.15) is 0 Å². The van der Waals surface area contributed by atoms with Gasteiger partial charge in [-0.05, 0) is 88.0 Å². The average Bonchev–Trinajstić information content (AvgIpc) is 3.68. The minimum atomic E-state index is -1.19. The second kappa shape index (κ2) is 10.3. The molecule has 212 valence electrons. The molecule has 0 bridgehead atoms. The smallest absolute Gasteiger partial charge is 0.0713 e. The van der Waals surface area contributed by atoms with Crippen molar-refractivity contribution >= 4 is 48.6 Å². The largest absolute Gasteiger partial charge is 0.310 e. The van der Waals surface area contributed by atoms with Crippen LogP contribution in [0.15, 0.2) is 176 Å². The SMILES string of the molecule is [2H]c1c([2H])c([2H])c(C2(c3ccc4sc5ccccc5c4c3)c3ccccc3-c3cc(N(c4ccccc4)c4ccccc4)ccc32)c([2H])c1[2H]. The molecule has 0 aliphatic heterocycles. The molecule has 1 heterocycles. The maximum Gasteiger partial charge on any atom is 0.0713 e. The lowest BCUT2D eigenvalue weighted by Crippen LogP contribution is -2.28. The predicted molar refractivity (Wildman–Crippen MR) is 191 cm³/mol. The van der Waals surface area contributed by atoms with Crippen LogP contribution in [-0.4, -0.2) is 0 Å². The second-order valence-corrected chi connectivity index (χ2v) is 12.4. The van der Waals surface area contributed by atoms with E-state index in [9.17, 15) is 2.74 Å². The van der Waals surface area contributed by atoms with Gasteiger partial charge in [0, 0.05) is 37.2 Å². The highest BCUT2D eigenvalue weighted by molar-refractivity contribution is 7.25. The fourth-order valence-corrected chi connectivity index (χ4v) is 8.22. The molecule has 1 aliphatic rings. The predicted octanol–water partition coefficient (Wildman–Crippen LogP) is 11.9. The Morgan fingerprint density at radius 1 is 0.467 bits per heavy atom. The molecule has 0 saturated carbocycles. The highest BCUT2D eigenvalue weighted by Gasteiger charge is 2.46. The summed E-state index contributed by atoms with van der Waals surface area (Å²) in [6.07, 6.45) is 0. The molecule has 0 fully saturated rings. The molecule has 9 rings (SSSR count). The Balaban J connectivity index is 1.40. The number of hydrogen-bond acceptors (Lipinski definition) is 2. The summed E-state index contributed by atoms with van der Waals surface area (Å²) in [5.74, 6) is 0. The Morgan fingerprint density at radius 3 is 1.89 bits per heavy atom. The second-order valence-electron chi connectivity index (χ2n) is 11.3. The van der Waals surface area contributed by atoms with Crippen LogP contribution in [0.3, 0.4) is 0 Å². The third-order valence-electron chi connectivity index (χ3n) is 9.00. The third kappa shape index (κ3) is 3.93. The van der Waals surface area contributed by atoms with E-state index in [1.165, 1.54) is 4.70 Å². The van der Waals surface area contributed by atoms with Gasteiger partial charge in [-0.3, -0.25) is 0 Å². The molecule has 1 unspecified atom stereocenters. The van der Waals surface area contributed by atoms with Crippen LogP contribution < -0.4 is 4.90 Å². The number of thiophene rings is 1. The monoisotopic (exact) mass is 596 g/mol. The minimum absolute atomic E-state index is 0.201. The maximum absolute atomic E-state index is 9.38. The van der Waals surface area contributed by atoms with Crippen molar-refractivity contribution in [2.45, 2.75) is 5.41 Å². The van der Waals surface area contributed by atoms with Gasteiger partial charge in [-0.15, -0.1) is 11.3 Å². The summed E-state index contributed by atoms with van der Waals surface area (Å²) < 4.78 is 47.1. The summed E-state index contributed by atoms with van der Waals surface area (Å²) in [4.78, 5) is 2.22. The van der Waals surface area contributed by atoms with Crippen LogP contribution in [0, 0.1) is 0 Å². The Hall–Kier alpha value is -5.44.